The van der Waals surface area contributed by atoms with E-state index >= 15 is 0 Å². The number of rotatable bonds is 9. The molecule has 7 heteroatoms. The van der Waals surface area contributed by atoms with Crippen LogP contribution in [0, 0.1) is 0 Å². The molecule has 0 saturated heterocycles. The van der Waals surface area contributed by atoms with Crippen LogP contribution in [0.3, 0.4) is 0 Å². The summed E-state index contributed by atoms with van der Waals surface area (Å²) in [7, 11) is -3.54. The molecular formula is C18H20F4O2Si. The van der Waals surface area contributed by atoms with Gasteiger partial charge in [-0.2, -0.15) is 8.78 Å². The Morgan fingerprint density at radius 2 is 1.36 bits per heavy atom. The van der Waals surface area contributed by atoms with Gasteiger partial charge in [0.15, 0.2) is 0 Å². The third-order valence-corrected chi connectivity index (χ3v) is 6.95. The van der Waals surface area contributed by atoms with Gasteiger partial charge in [-0.05, 0) is 16.8 Å². The van der Waals surface area contributed by atoms with Crippen molar-refractivity contribution in [2.75, 3.05) is 13.2 Å². The van der Waals surface area contributed by atoms with Gasteiger partial charge in [0, 0.05) is 6.61 Å². The molecule has 0 amide bonds. The average molecular weight is 372 g/mol. The minimum Gasteiger partial charge on any atom is -0.388 e. The zero-order valence-electron chi connectivity index (χ0n) is 13.8. The van der Waals surface area contributed by atoms with E-state index in [4.69, 9.17) is 8.85 Å². The summed E-state index contributed by atoms with van der Waals surface area (Å²) in [5, 5.41) is 1.19. The predicted molar refractivity (Wildman–Crippen MR) is 91.1 cm³/mol. The number of halogens is 4. The number of alkyl halides is 4. The molecule has 0 heterocycles. The minimum atomic E-state index is -4.24. The van der Waals surface area contributed by atoms with E-state index in [1.807, 2.05) is 6.92 Å². The van der Waals surface area contributed by atoms with Crippen molar-refractivity contribution in [1.29, 1.82) is 0 Å². The van der Waals surface area contributed by atoms with Crippen LogP contribution in [0.5, 0.6) is 0 Å². The van der Waals surface area contributed by atoms with Crippen molar-refractivity contribution < 1.29 is 26.4 Å². The number of hydrogen-bond acceptors (Lipinski definition) is 2. The minimum absolute atomic E-state index is 0.274. The fourth-order valence-corrected chi connectivity index (χ4v) is 5.60. The second-order valence-corrected chi connectivity index (χ2v) is 8.51. The van der Waals surface area contributed by atoms with Crippen molar-refractivity contribution in [2.24, 2.45) is 0 Å². The van der Waals surface area contributed by atoms with Gasteiger partial charge in [-0.15, -0.1) is 0 Å². The van der Waals surface area contributed by atoms with Crippen LogP contribution >= 0.6 is 0 Å². The summed E-state index contributed by atoms with van der Waals surface area (Å²) in [6.45, 7) is 0.754. The lowest BCUT2D eigenvalue weighted by atomic mass is 10.4. The van der Waals surface area contributed by atoms with E-state index in [1.54, 1.807) is 60.7 Å². The first-order chi connectivity index (χ1) is 11.9. The lowest BCUT2D eigenvalue weighted by Gasteiger charge is -2.32. The van der Waals surface area contributed by atoms with E-state index in [2.05, 4.69) is 0 Å². The van der Waals surface area contributed by atoms with E-state index in [1.165, 1.54) is 0 Å². The van der Waals surface area contributed by atoms with Gasteiger partial charge in [0.25, 0.3) is 0 Å². The molecule has 0 radical (unpaired) electrons. The molecule has 0 saturated carbocycles. The van der Waals surface area contributed by atoms with Crippen LogP contribution < -0.4 is 10.4 Å². The van der Waals surface area contributed by atoms with Crippen molar-refractivity contribution >= 4 is 18.9 Å². The molecule has 0 aliphatic heterocycles. The van der Waals surface area contributed by atoms with Crippen LogP contribution in [-0.2, 0) is 8.85 Å². The van der Waals surface area contributed by atoms with Gasteiger partial charge < -0.3 is 8.85 Å². The Morgan fingerprint density at radius 3 is 1.76 bits per heavy atom. The smallest absolute Gasteiger partial charge is 0.388 e. The molecule has 0 unspecified atom stereocenters. The van der Waals surface area contributed by atoms with Crippen LogP contribution in [0.4, 0.5) is 17.6 Å². The number of hydrogen-bond donors (Lipinski definition) is 0. The van der Waals surface area contributed by atoms with Gasteiger partial charge in [-0.1, -0.05) is 67.6 Å². The molecule has 0 aliphatic rings. The quantitative estimate of drug-likeness (QED) is 0.495. The van der Waals surface area contributed by atoms with E-state index in [9.17, 15) is 17.6 Å². The topological polar surface area (TPSA) is 18.5 Å². The largest absolute Gasteiger partial charge is 0.407 e. The third kappa shape index (κ3) is 4.68. The summed E-state index contributed by atoms with van der Waals surface area (Å²) in [4.78, 5) is 0. The van der Waals surface area contributed by atoms with Crippen molar-refractivity contribution in [2.45, 2.75) is 25.7 Å². The molecule has 0 fully saturated rings. The fraction of sp³-hybridized carbons (Fsp3) is 0.333. The highest BCUT2D eigenvalue weighted by atomic mass is 28.4. The predicted octanol–water partition coefficient (Wildman–Crippen LogP) is 3.59. The molecule has 2 aromatic rings. The Bertz CT molecular complexity index is 599. The number of benzene rings is 2. The second kappa shape index (κ2) is 8.60. The molecule has 2 nitrogen and oxygen atoms in total. The Kier molecular flexibility index (Phi) is 6.75. The maximum absolute atomic E-state index is 13.5. The van der Waals surface area contributed by atoms with Crippen molar-refractivity contribution in [3.8, 4) is 0 Å². The van der Waals surface area contributed by atoms with Crippen molar-refractivity contribution in [3.05, 3.63) is 60.7 Å². The maximum atomic E-state index is 13.5. The van der Waals surface area contributed by atoms with Crippen LogP contribution in [0.2, 0.25) is 0 Å². The van der Waals surface area contributed by atoms with Crippen LogP contribution in [-0.4, -0.2) is 34.1 Å². The standard InChI is InChI=1S/C18H20F4O2Si/c1-2-13-23-25(15-9-5-3-6-10-15,16-11-7-4-8-12-16)24-14-18(21,22)17(19)20/h3-12,17H,2,13-14H2,1H3. The molecule has 0 N–H and O–H groups in total. The Labute approximate surface area is 145 Å². The van der Waals surface area contributed by atoms with Gasteiger partial charge in [0.05, 0.1) is 0 Å². The van der Waals surface area contributed by atoms with E-state index in [0.29, 0.717) is 16.8 Å². The van der Waals surface area contributed by atoms with E-state index in [0.717, 1.165) is 0 Å². The first-order valence-electron chi connectivity index (χ1n) is 7.97. The molecule has 0 atom stereocenters. The first-order valence-corrected chi connectivity index (χ1v) is 9.79. The van der Waals surface area contributed by atoms with Gasteiger partial charge in [-0.3, -0.25) is 0 Å². The van der Waals surface area contributed by atoms with E-state index in [-0.39, 0.29) is 6.61 Å². The Balaban J connectivity index is 2.47. The summed E-state index contributed by atoms with van der Waals surface area (Å²) in [6.07, 6.45) is -3.15. The molecule has 0 aromatic heterocycles. The van der Waals surface area contributed by atoms with Crippen LogP contribution in [0.15, 0.2) is 60.7 Å². The highest BCUT2D eigenvalue weighted by Gasteiger charge is 2.48. The third-order valence-electron chi connectivity index (χ3n) is 3.60. The molecule has 2 rings (SSSR count). The lowest BCUT2D eigenvalue weighted by Crippen LogP contribution is -2.64. The summed E-state index contributed by atoms with van der Waals surface area (Å²) in [5.74, 6) is -4.24. The lowest BCUT2D eigenvalue weighted by molar-refractivity contribution is -0.151. The van der Waals surface area contributed by atoms with Gasteiger partial charge >= 0.3 is 20.9 Å². The Morgan fingerprint density at radius 1 is 0.880 bits per heavy atom. The molecule has 0 aliphatic carbocycles. The molecule has 25 heavy (non-hydrogen) atoms. The zero-order chi connectivity index (χ0) is 18.3. The molecule has 136 valence electrons. The van der Waals surface area contributed by atoms with Gasteiger partial charge in [0.1, 0.15) is 6.61 Å². The first kappa shape index (κ1) is 19.6. The van der Waals surface area contributed by atoms with Crippen LogP contribution in [0.25, 0.3) is 0 Å². The SMILES string of the molecule is CCCO[Si](OCC(F)(F)C(F)F)(c1ccccc1)c1ccccc1. The van der Waals surface area contributed by atoms with Crippen molar-refractivity contribution in [3.63, 3.8) is 0 Å². The monoisotopic (exact) mass is 372 g/mol. The Hall–Kier alpha value is -1.70. The van der Waals surface area contributed by atoms with Gasteiger partial charge in [0.2, 0.25) is 0 Å². The summed E-state index contributed by atoms with van der Waals surface area (Å²) >= 11 is 0. The zero-order valence-corrected chi connectivity index (χ0v) is 14.8. The fourth-order valence-electron chi connectivity index (χ4n) is 2.36. The highest BCUT2D eigenvalue weighted by Crippen LogP contribution is 2.25. The summed E-state index contributed by atoms with van der Waals surface area (Å²) in [5.41, 5.74) is 0. The highest BCUT2D eigenvalue weighted by molar-refractivity contribution is 6.92. The van der Waals surface area contributed by atoms with Crippen LogP contribution in [0.1, 0.15) is 13.3 Å². The van der Waals surface area contributed by atoms with E-state index < -0.39 is 27.5 Å². The van der Waals surface area contributed by atoms with Gasteiger partial charge in [-0.25, -0.2) is 8.78 Å². The maximum Gasteiger partial charge on any atom is 0.407 e. The molecular weight excluding hydrogens is 352 g/mol. The molecule has 0 bridgehead atoms. The normalized spacial score (nSPS) is 12.6. The average Bonchev–Trinajstić information content (AvgIpc) is 2.63. The van der Waals surface area contributed by atoms with Crippen molar-refractivity contribution in [1.82, 2.24) is 0 Å². The summed E-state index contributed by atoms with van der Waals surface area (Å²) in [6, 6.07) is 17.4. The molecule has 2 aromatic carbocycles. The summed E-state index contributed by atoms with van der Waals surface area (Å²) < 4.78 is 63.7. The molecule has 0 spiro atoms. The second-order valence-electron chi connectivity index (χ2n) is 5.55.